The van der Waals surface area contributed by atoms with Gasteiger partial charge in [0, 0.05) is 7.97 Å². The van der Waals surface area contributed by atoms with Crippen LogP contribution in [0.25, 0.3) is 0 Å². The molecule has 1 N–H and O–H groups in total. The van der Waals surface area contributed by atoms with Crippen molar-refractivity contribution < 1.29 is 1.43 Å². The zero-order valence-corrected chi connectivity index (χ0v) is 8.26. The first-order chi connectivity index (χ1) is 5.88. The summed E-state index contributed by atoms with van der Waals surface area (Å²) in [6.45, 7) is 8.74. The van der Waals surface area contributed by atoms with Gasteiger partial charge >= 0.3 is 0 Å². The molecule has 0 fully saturated rings. The Labute approximate surface area is 75.8 Å². The maximum atomic E-state index is 4.16. The fraction of sp³-hybridized carbons (Fsp3) is 0.556. The van der Waals surface area contributed by atoms with E-state index in [1.54, 1.807) is 6.34 Å². The van der Waals surface area contributed by atoms with E-state index in [0.717, 1.165) is 18.1 Å². The van der Waals surface area contributed by atoms with Crippen LogP contribution in [0.4, 0.5) is 0 Å². The molecule has 1 aliphatic rings. The molecule has 0 radical (unpaired) electrons. The second-order valence-electron chi connectivity index (χ2n) is 1.90. The van der Waals surface area contributed by atoms with E-state index in [4.69, 9.17) is 0 Å². The molecule has 1 heterocycles. The topological polar surface area (TPSA) is 36.8 Å². The first-order valence-corrected chi connectivity index (χ1v) is 4.38. The van der Waals surface area contributed by atoms with Gasteiger partial charge in [-0.15, -0.1) is 0 Å². The van der Waals surface area contributed by atoms with Crippen LogP contribution in [0.5, 0.6) is 0 Å². The van der Waals surface area contributed by atoms with Gasteiger partial charge in [0.25, 0.3) is 0 Å². The molecule has 3 nitrogen and oxygen atoms in total. The lowest BCUT2D eigenvalue weighted by Gasteiger charge is -1.94. The monoisotopic (exact) mass is 169 g/mol. The summed E-state index contributed by atoms with van der Waals surface area (Å²) >= 11 is 0. The predicted molar refractivity (Wildman–Crippen MR) is 56.8 cm³/mol. The third-order valence-electron chi connectivity index (χ3n) is 1.24. The van der Waals surface area contributed by atoms with E-state index in [1.165, 1.54) is 0 Å². The second-order valence-corrected chi connectivity index (χ2v) is 1.90. The van der Waals surface area contributed by atoms with Crippen LogP contribution in [0.2, 0.25) is 0 Å². The van der Waals surface area contributed by atoms with Crippen molar-refractivity contribution in [1.82, 2.24) is 5.32 Å². The average Bonchev–Trinajstić information content (AvgIpc) is 2.56. The normalized spacial score (nSPS) is 20.7. The Bertz CT molecular complexity index is 207. The molecule has 0 saturated carbocycles. The Balaban J connectivity index is 0. The minimum Gasteiger partial charge on any atom is -0.344 e. The van der Waals surface area contributed by atoms with Crippen LogP contribution in [0.15, 0.2) is 21.8 Å². The van der Waals surface area contributed by atoms with Crippen molar-refractivity contribution >= 4 is 12.2 Å². The van der Waals surface area contributed by atoms with Crippen molar-refractivity contribution in [2.24, 2.45) is 9.98 Å². The van der Waals surface area contributed by atoms with Crippen LogP contribution in [-0.2, 0) is 0 Å². The molecule has 1 aliphatic heterocycles. The minimum absolute atomic E-state index is 0. The smallest absolute Gasteiger partial charge is 0.172 e. The number of aliphatic imine (C=N–C) groups is 2. The van der Waals surface area contributed by atoms with Crippen molar-refractivity contribution in [3.05, 3.63) is 11.8 Å². The van der Waals surface area contributed by atoms with Crippen LogP contribution >= 0.6 is 0 Å². The van der Waals surface area contributed by atoms with Gasteiger partial charge in [0.05, 0.1) is 12.0 Å². The van der Waals surface area contributed by atoms with E-state index in [1.807, 2.05) is 33.8 Å². The van der Waals surface area contributed by atoms with E-state index in [2.05, 4.69) is 15.3 Å². The molecule has 0 unspecified atom stereocenters. The molecule has 0 atom stereocenters. The van der Waals surface area contributed by atoms with Gasteiger partial charge in [0.2, 0.25) is 0 Å². The van der Waals surface area contributed by atoms with Gasteiger partial charge in [-0.05, 0) is 13.8 Å². The van der Waals surface area contributed by atoms with Gasteiger partial charge in [-0.1, -0.05) is 19.9 Å². The zero-order chi connectivity index (χ0) is 9.40. The highest BCUT2D eigenvalue weighted by Crippen LogP contribution is 1.99. The fourth-order valence-electron chi connectivity index (χ4n) is 0.785. The van der Waals surface area contributed by atoms with Gasteiger partial charge in [-0.3, -0.25) is 4.99 Å². The number of amidine groups is 1. The Kier molecular flexibility index (Phi) is 5.97. The SMILES string of the molecule is C/C=C1/NC=NC1=NCC.CC.[HH]. The first-order valence-electron chi connectivity index (χ1n) is 4.38. The zero-order valence-electron chi connectivity index (χ0n) is 8.26. The highest BCUT2D eigenvalue weighted by molar-refractivity contribution is 6.07. The third-order valence-corrected chi connectivity index (χ3v) is 1.24. The number of rotatable bonds is 1. The van der Waals surface area contributed by atoms with Crippen LogP contribution in [0.1, 0.15) is 29.1 Å². The van der Waals surface area contributed by atoms with Crippen LogP contribution in [-0.4, -0.2) is 18.7 Å². The van der Waals surface area contributed by atoms with Crippen molar-refractivity contribution in [2.75, 3.05) is 6.54 Å². The Morgan fingerprint density at radius 3 is 2.83 bits per heavy atom. The van der Waals surface area contributed by atoms with Gasteiger partial charge in [-0.25, -0.2) is 4.99 Å². The standard InChI is InChI=1S/C7H11N3.C2H6.H2/c1-3-6-7(8-4-2)10-5-9-6;1-2;/h3,5H,4H2,1-2H3,(H,8,9,10);1-2H3;1H/b6-3+;;. The summed E-state index contributed by atoms with van der Waals surface area (Å²) in [6.07, 6.45) is 3.62. The van der Waals surface area contributed by atoms with Crippen LogP contribution < -0.4 is 5.32 Å². The number of allylic oxidation sites excluding steroid dienone is 1. The molecule has 70 valence electrons. The molecule has 0 amide bonds. The maximum Gasteiger partial charge on any atom is 0.172 e. The van der Waals surface area contributed by atoms with Crippen molar-refractivity contribution in [3.8, 4) is 0 Å². The van der Waals surface area contributed by atoms with Crippen LogP contribution in [0, 0.1) is 0 Å². The summed E-state index contributed by atoms with van der Waals surface area (Å²) in [4.78, 5) is 8.19. The lowest BCUT2D eigenvalue weighted by molar-refractivity contribution is 1.12. The molecule has 0 aromatic carbocycles. The van der Waals surface area contributed by atoms with E-state index in [0.29, 0.717) is 0 Å². The summed E-state index contributed by atoms with van der Waals surface area (Å²) < 4.78 is 0. The van der Waals surface area contributed by atoms with Crippen LogP contribution in [0.3, 0.4) is 0 Å². The highest BCUT2D eigenvalue weighted by Gasteiger charge is 2.06. The number of nitrogens with zero attached hydrogens (tertiary/aromatic N) is 2. The Morgan fingerprint density at radius 2 is 2.33 bits per heavy atom. The molecular weight excluding hydrogens is 150 g/mol. The summed E-state index contributed by atoms with van der Waals surface area (Å²) in [7, 11) is 0. The van der Waals surface area contributed by atoms with E-state index in [9.17, 15) is 0 Å². The maximum absolute atomic E-state index is 4.16. The molecule has 3 heteroatoms. The quantitative estimate of drug-likeness (QED) is 0.642. The molecule has 0 aromatic rings. The third kappa shape index (κ3) is 2.86. The van der Waals surface area contributed by atoms with Gasteiger partial charge in [0.15, 0.2) is 5.84 Å². The number of nitrogens with one attached hydrogen (secondary N) is 1. The summed E-state index contributed by atoms with van der Waals surface area (Å²) in [6, 6.07) is 0. The van der Waals surface area contributed by atoms with E-state index >= 15 is 0 Å². The summed E-state index contributed by atoms with van der Waals surface area (Å²) in [5.41, 5.74) is 1.00. The minimum atomic E-state index is 0. The summed E-state index contributed by atoms with van der Waals surface area (Å²) in [5, 5.41) is 2.98. The largest absolute Gasteiger partial charge is 0.344 e. The lowest BCUT2D eigenvalue weighted by atomic mass is 10.4. The first kappa shape index (κ1) is 10.9. The molecule has 12 heavy (non-hydrogen) atoms. The second kappa shape index (κ2) is 6.58. The van der Waals surface area contributed by atoms with E-state index in [-0.39, 0.29) is 1.43 Å². The number of hydrogen-bond donors (Lipinski definition) is 1. The molecule has 0 bridgehead atoms. The molecule has 0 saturated heterocycles. The van der Waals surface area contributed by atoms with Crippen molar-refractivity contribution in [3.63, 3.8) is 0 Å². The Hall–Kier alpha value is -1.12. The molecule has 0 aromatic heterocycles. The number of hydrogen-bond acceptors (Lipinski definition) is 2. The predicted octanol–water partition coefficient (Wildman–Crippen LogP) is 2.21. The lowest BCUT2D eigenvalue weighted by Crippen LogP contribution is -2.07. The van der Waals surface area contributed by atoms with E-state index < -0.39 is 0 Å². The molecule has 0 aliphatic carbocycles. The molecule has 1 rings (SSSR count). The van der Waals surface area contributed by atoms with Gasteiger partial charge in [0.1, 0.15) is 0 Å². The summed E-state index contributed by atoms with van der Waals surface area (Å²) in [5.74, 6) is 0.810. The average molecular weight is 169 g/mol. The fourth-order valence-corrected chi connectivity index (χ4v) is 0.785. The van der Waals surface area contributed by atoms with Crippen molar-refractivity contribution in [1.29, 1.82) is 0 Å². The van der Waals surface area contributed by atoms with Crippen molar-refractivity contribution in [2.45, 2.75) is 27.7 Å². The molecular formula is C9H19N3. The highest BCUT2D eigenvalue weighted by atomic mass is 15.1. The van der Waals surface area contributed by atoms with Gasteiger partial charge < -0.3 is 5.32 Å². The molecule has 0 spiro atoms. The Morgan fingerprint density at radius 1 is 1.67 bits per heavy atom. The van der Waals surface area contributed by atoms with Gasteiger partial charge in [-0.2, -0.15) is 0 Å².